The van der Waals surface area contributed by atoms with E-state index in [1.54, 1.807) is 13.8 Å². The van der Waals surface area contributed by atoms with E-state index >= 15 is 0 Å². The largest absolute Gasteiger partial charge is 0.489 e. The SMILES string of the molecule is C=C(C)C(=O)OCCc1ccc(C#Cc2ccc(OCc3ccc4cc(C#Cc5ccc(CCOC(=O)C(=C)C)cc5)ccc4c3)c(C)c2)cc1. The van der Waals surface area contributed by atoms with Gasteiger partial charge in [-0.1, -0.05) is 79.3 Å². The lowest BCUT2D eigenvalue weighted by molar-refractivity contribution is -0.139. The monoisotopic (exact) mass is 672 g/mol. The third-order valence-corrected chi connectivity index (χ3v) is 8.03. The van der Waals surface area contributed by atoms with Crippen molar-refractivity contribution in [1.82, 2.24) is 0 Å². The van der Waals surface area contributed by atoms with Gasteiger partial charge in [-0.3, -0.25) is 0 Å². The number of hydrogen-bond acceptors (Lipinski definition) is 5. The maximum absolute atomic E-state index is 11.5. The van der Waals surface area contributed by atoms with E-state index in [1.165, 1.54) is 0 Å². The third-order valence-electron chi connectivity index (χ3n) is 8.03. The lowest BCUT2D eigenvalue weighted by atomic mass is 10.0. The Morgan fingerprint density at radius 3 is 1.51 bits per heavy atom. The minimum Gasteiger partial charge on any atom is -0.489 e. The second-order valence-corrected chi connectivity index (χ2v) is 12.4. The lowest BCUT2D eigenvalue weighted by Crippen LogP contribution is -2.07. The van der Waals surface area contributed by atoms with Crippen molar-refractivity contribution in [2.45, 2.75) is 40.2 Å². The van der Waals surface area contributed by atoms with Crippen LogP contribution in [0.25, 0.3) is 10.8 Å². The summed E-state index contributed by atoms with van der Waals surface area (Å²) in [5.41, 5.74) is 8.74. The number of carbonyl (C=O) groups excluding carboxylic acids is 2. The van der Waals surface area contributed by atoms with E-state index in [-0.39, 0.29) is 11.9 Å². The van der Waals surface area contributed by atoms with E-state index in [0.717, 1.165) is 61.0 Å². The summed E-state index contributed by atoms with van der Waals surface area (Å²) >= 11 is 0. The van der Waals surface area contributed by atoms with Crippen LogP contribution in [-0.2, 0) is 38.5 Å². The molecule has 0 unspecified atom stereocenters. The highest BCUT2D eigenvalue weighted by Crippen LogP contribution is 2.23. The number of carbonyl (C=O) groups is 2. The van der Waals surface area contributed by atoms with Gasteiger partial charge in [0.1, 0.15) is 12.4 Å². The van der Waals surface area contributed by atoms with Crippen LogP contribution in [0, 0.1) is 30.6 Å². The summed E-state index contributed by atoms with van der Waals surface area (Å²) in [6.07, 6.45) is 1.28. The van der Waals surface area contributed by atoms with Crippen molar-refractivity contribution in [3.05, 3.63) is 172 Å². The highest BCUT2D eigenvalue weighted by molar-refractivity contribution is 5.87. The van der Waals surface area contributed by atoms with Gasteiger partial charge in [0.2, 0.25) is 0 Å². The number of benzene rings is 5. The van der Waals surface area contributed by atoms with Crippen molar-refractivity contribution in [2.75, 3.05) is 13.2 Å². The van der Waals surface area contributed by atoms with Gasteiger partial charge in [0.25, 0.3) is 0 Å². The second-order valence-electron chi connectivity index (χ2n) is 12.4. The summed E-state index contributed by atoms with van der Waals surface area (Å²) in [5.74, 6) is 13.1. The predicted octanol–water partition coefficient (Wildman–Crippen LogP) is 8.85. The summed E-state index contributed by atoms with van der Waals surface area (Å²) in [6.45, 7) is 13.6. The lowest BCUT2D eigenvalue weighted by Gasteiger charge is -2.10. The summed E-state index contributed by atoms with van der Waals surface area (Å²) < 4.78 is 16.5. The molecule has 0 amide bonds. The number of aryl methyl sites for hydroxylation is 1. The molecular formula is C46H40O5. The maximum atomic E-state index is 11.5. The molecule has 0 radical (unpaired) electrons. The van der Waals surface area contributed by atoms with Crippen LogP contribution in [0.2, 0.25) is 0 Å². The van der Waals surface area contributed by atoms with Gasteiger partial charge in [-0.2, -0.15) is 0 Å². The summed E-state index contributed by atoms with van der Waals surface area (Å²) in [4.78, 5) is 23.1. The molecule has 0 atom stereocenters. The molecule has 5 nitrogen and oxygen atoms in total. The number of fused-ring (bicyclic) bond motifs is 1. The number of hydrogen-bond donors (Lipinski definition) is 0. The predicted molar refractivity (Wildman–Crippen MR) is 203 cm³/mol. The number of ether oxygens (including phenoxy) is 3. The van der Waals surface area contributed by atoms with Gasteiger partial charge in [-0.25, -0.2) is 9.59 Å². The molecule has 5 rings (SSSR count). The molecule has 0 aliphatic carbocycles. The van der Waals surface area contributed by atoms with Gasteiger partial charge in [-0.15, -0.1) is 0 Å². The standard InChI is InChI=1S/C46H40O5/c1-32(2)45(47)49-26-24-37-10-6-35(7-11-37)14-16-39-20-23-44(34(5)28-39)51-31-41-19-22-42-29-40(18-21-43(42)30-41)17-15-36-8-12-38(13-9-36)25-27-50-46(48)33(3)4/h6-13,18-23,28-30H,1,3,24-27,31H2,2,4-5H3. The van der Waals surface area contributed by atoms with E-state index in [2.05, 4.69) is 67.2 Å². The van der Waals surface area contributed by atoms with Crippen molar-refractivity contribution in [1.29, 1.82) is 0 Å². The quantitative estimate of drug-likeness (QED) is 0.0797. The summed E-state index contributed by atoms with van der Waals surface area (Å²) in [5, 5.41) is 2.24. The Hall–Kier alpha value is -6.30. The van der Waals surface area contributed by atoms with Crippen LogP contribution in [0.5, 0.6) is 5.75 Å². The topological polar surface area (TPSA) is 61.8 Å². The number of rotatable bonds is 11. The Morgan fingerprint density at radius 1 is 0.549 bits per heavy atom. The molecule has 5 aromatic rings. The van der Waals surface area contributed by atoms with Crippen LogP contribution in [0.1, 0.15) is 58.4 Å². The Kier molecular flexibility index (Phi) is 12.3. The zero-order valence-electron chi connectivity index (χ0n) is 29.3. The number of esters is 2. The molecule has 51 heavy (non-hydrogen) atoms. The highest BCUT2D eigenvalue weighted by Gasteiger charge is 2.06. The molecule has 5 aromatic carbocycles. The minimum atomic E-state index is -0.366. The molecule has 0 N–H and O–H groups in total. The minimum absolute atomic E-state index is 0.321. The zero-order valence-corrected chi connectivity index (χ0v) is 29.3. The Labute approximate surface area is 300 Å². The first-order valence-electron chi connectivity index (χ1n) is 16.8. The van der Waals surface area contributed by atoms with Gasteiger partial charge < -0.3 is 14.2 Å². The van der Waals surface area contributed by atoms with Crippen molar-refractivity contribution < 1.29 is 23.8 Å². The molecule has 0 spiro atoms. The molecule has 0 fully saturated rings. The van der Waals surface area contributed by atoms with E-state index in [4.69, 9.17) is 14.2 Å². The first kappa shape index (κ1) is 36.0. The van der Waals surface area contributed by atoms with Crippen LogP contribution in [-0.4, -0.2) is 25.2 Å². The molecule has 0 aromatic heterocycles. The summed E-state index contributed by atoms with van der Waals surface area (Å²) in [7, 11) is 0. The van der Waals surface area contributed by atoms with Crippen molar-refractivity contribution in [3.8, 4) is 29.4 Å². The van der Waals surface area contributed by atoms with Gasteiger partial charge >= 0.3 is 11.9 Å². The van der Waals surface area contributed by atoms with Gasteiger partial charge in [0, 0.05) is 46.2 Å². The van der Waals surface area contributed by atoms with Crippen LogP contribution in [0.3, 0.4) is 0 Å². The van der Waals surface area contributed by atoms with E-state index in [9.17, 15) is 9.59 Å². The van der Waals surface area contributed by atoms with E-state index in [0.29, 0.717) is 43.8 Å². The Bertz CT molecular complexity index is 2200. The molecular weight excluding hydrogens is 633 g/mol. The average Bonchev–Trinajstić information content (AvgIpc) is 3.13. The second kappa shape index (κ2) is 17.4. The summed E-state index contributed by atoms with van der Waals surface area (Å²) in [6, 6.07) is 34.5. The van der Waals surface area contributed by atoms with Gasteiger partial charge in [-0.05, 0) is 114 Å². The normalized spacial score (nSPS) is 10.3. The fraction of sp³-hybridized carbons (Fsp3) is 0.174. The van der Waals surface area contributed by atoms with E-state index < -0.39 is 0 Å². The zero-order chi connectivity index (χ0) is 36.2. The molecule has 0 aliphatic rings. The fourth-order valence-electron chi connectivity index (χ4n) is 5.08. The van der Waals surface area contributed by atoms with Crippen LogP contribution in [0.15, 0.2) is 127 Å². The smallest absolute Gasteiger partial charge is 0.333 e. The van der Waals surface area contributed by atoms with Crippen molar-refractivity contribution in [2.24, 2.45) is 0 Å². The first-order chi connectivity index (χ1) is 24.6. The first-order valence-corrected chi connectivity index (χ1v) is 16.8. The molecule has 254 valence electrons. The molecule has 0 aliphatic heterocycles. The molecule has 0 saturated carbocycles. The Balaban J connectivity index is 1.12. The van der Waals surface area contributed by atoms with Crippen LogP contribution in [0.4, 0.5) is 0 Å². The maximum Gasteiger partial charge on any atom is 0.333 e. The molecule has 0 bridgehead atoms. The fourth-order valence-corrected chi connectivity index (χ4v) is 5.08. The van der Waals surface area contributed by atoms with Gasteiger partial charge in [0.15, 0.2) is 0 Å². The van der Waals surface area contributed by atoms with Gasteiger partial charge in [0.05, 0.1) is 13.2 Å². The highest BCUT2D eigenvalue weighted by atomic mass is 16.5. The Morgan fingerprint density at radius 2 is 0.980 bits per heavy atom. The average molecular weight is 673 g/mol. The third kappa shape index (κ3) is 10.8. The van der Waals surface area contributed by atoms with Crippen molar-refractivity contribution >= 4 is 22.7 Å². The van der Waals surface area contributed by atoms with E-state index in [1.807, 2.05) is 79.7 Å². The van der Waals surface area contributed by atoms with Crippen LogP contribution >= 0.6 is 0 Å². The van der Waals surface area contributed by atoms with Crippen molar-refractivity contribution in [3.63, 3.8) is 0 Å². The molecule has 5 heteroatoms. The molecule has 0 saturated heterocycles. The van der Waals surface area contributed by atoms with Crippen LogP contribution < -0.4 is 4.74 Å². The molecule has 0 heterocycles.